The molecule has 1 aliphatic rings. The Morgan fingerprint density at radius 3 is 2.47 bits per heavy atom. The molecule has 1 unspecified atom stereocenters. The van der Waals surface area contributed by atoms with Gasteiger partial charge in [0.25, 0.3) is 0 Å². The Kier molecular flexibility index (Phi) is 6.52. The minimum Gasteiger partial charge on any atom is -0.465 e. The fraction of sp³-hybridized carbons (Fsp3) is 0.923. The molecule has 0 radical (unpaired) electrons. The summed E-state index contributed by atoms with van der Waals surface area (Å²) >= 11 is 0. The first kappa shape index (κ1) is 14.5. The van der Waals surface area contributed by atoms with Crippen molar-refractivity contribution in [2.24, 2.45) is 0 Å². The van der Waals surface area contributed by atoms with Crippen molar-refractivity contribution in [2.45, 2.75) is 52.1 Å². The number of rotatable bonds is 9. The average molecular weight is 242 g/mol. The van der Waals surface area contributed by atoms with Gasteiger partial charge >= 0.3 is 5.97 Å². The van der Waals surface area contributed by atoms with E-state index >= 15 is 0 Å². The van der Waals surface area contributed by atoms with Crippen LogP contribution in [0.4, 0.5) is 0 Å². The number of carbonyl (C=O) groups excluding carboxylic acids is 1. The topological polar surface area (TPSA) is 41.6 Å². The second-order valence-electron chi connectivity index (χ2n) is 4.56. The van der Waals surface area contributed by atoms with Gasteiger partial charge in [-0.05, 0) is 39.3 Å². The Morgan fingerprint density at radius 1 is 1.35 bits per heavy atom. The molecule has 1 N–H and O–H groups in total. The first-order valence-corrected chi connectivity index (χ1v) is 6.86. The van der Waals surface area contributed by atoms with E-state index in [2.05, 4.69) is 24.1 Å². The van der Waals surface area contributed by atoms with Crippen molar-refractivity contribution in [2.75, 3.05) is 26.2 Å². The van der Waals surface area contributed by atoms with Crippen LogP contribution in [0, 0.1) is 0 Å². The molecule has 0 amide bonds. The van der Waals surface area contributed by atoms with Gasteiger partial charge in [-0.15, -0.1) is 0 Å². The maximum absolute atomic E-state index is 11.8. The summed E-state index contributed by atoms with van der Waals surface area (Å²) in [7, 11) is 0. The first-order chi connectivity index (χ1) is 8.21. The highest BCUT2D eigenvalue weighted by molar-refractivity contribution is 5.75. The molecule has 1 saturated carbocycles. The highest BCUT2D eigenvalue weighted by Crippen LogP contribution is 2.20. The maximum atomic E-state index is 11.8. The number of nitrogens with one attached hydrogen (secondary N) is 1. The molecule has 0 aromatic heterocycles. The van der Waals surface area contributed by atoms with E-state index in [9.17, 15) is 4.79 Å². The largest absolute Gasteiger partial charge is 0.465 e. The van der Waals surface area contributed by atoms with Crippen molar-refractivity contribution in [3.63, 3.8) is 0 Å². The van der Waals surface area contributed by atoms with Gasteiger partial charge in [0.1, 0.15) is 6.04 Å². The van der Waals surface area contributed by atoms with E-state index < -0.39 is 0 Å². The Morgan fingerprint density at radius 2 is 2.00 bits per heavy atom. The predicted molar refractivity (Wildman–Crippen MR) is 69.0 cm³/mol. The summed E-state index contributed by atoms with van der Waals surface area (Å²) < 4.78 is 5.11. The van der Waals surface area contributed by atoms with Gasteiger partial charge in [-0.2, -0.15) is 0 Å². The number of esters is 1. The Hall–Kier alpha value is -0.610. The maximum Gasteiger partial charge on any atom is 0.323 e. The molecule has 4 nitrogen and oxygen atoms in total. The molecule has 100 valence electrons. The van der Waals surface area contributed by atoms with Crippen LogP contribution in [0.5, 0.6) is 0 Å². The second kappa shape index (κ2) is 7.67. The Bertz CT molecular complexity index is 225. The van der Waals surface area contributed by atoms with E-state index in [1.54, 1.807) is 0 Å². The quantitative estimate of drug-likeness (QED) is 0.621. The smallest absolute Gasteiger partial charge is 0.323 e. The van der Waals surface area contributed by atoms with Gasteiger partial charge in [-0.1, -0.05) is 13.8 Å². The Labute approximate surface area is 105 Å². The number of ether oxygens (including phenoxy) is 1. The lowest BCUT2D eigenvalue weighted by molar-refractivity contribution is -0.146. The molecule has 0 saturated heterocycles. The fourth-order valence-electron chi connectivity index (χ4n) is 1.90. The summed E-state index contributed by atoms with van der Waals surface area (Å²) in [5, 5.41) is 3.38. The zero-order valence-electron chi connectivity index (χ0n) is 11.4. The summed E-state index contributed by atoms with van der Waals surface area (Å²) in [6, 6.07) is 0.421. The van der Waals surface area contributed by atoms with Crippen LogP contribution in [0.2, 0.25) is 0 Å². The molecular formula is C13H26N2O2. The van der Waals surface area contributed by atoms with Crippen LogP contribution in [0.3, 0.4) is 0 Å². The third-order valence-corrected chi connectivity index (χ3v) is 3.21. The third-order valence-electron chi connectivity index (χ3n) is 3.21. The summed E-state index contributed by atoms with van der Waals surface area (Å²) in [6.07, 6.45) is 3.24. The summed E-state index contributed by atoms with van der Waals surface area (Å²) in [5.41, 5.74) is 0. The molecular weight excluding hydrogens is 216 g/mol. The zero-order valence-corrected chi connectivity index (χ0v) is 11.4. The van der Waals surface area contributed by atoms with Gasteiger partial charge in [0.15, 0.2) is 0 Å². The standard InChI is InChI=1S/C13H26N2O2/c1-4-15(5-2)10-9-12(13(16)17-6-3)14-11-7-8-11/h11-12,14H,4-10H2,1-3H3. The minimum atomic E-state index is -0.122. The van der Waals surface area contributed by atoms with E-state index in [1.807, 2.05) is 6.92 Å². The lowest BCUT2D eigenvalue weighted by Gasteiger charge is -2.22. The molecule has 4 heteroatoms. The average Bonchev–Trinajstić information content (AvgIpc) is 3.13. The van der Waals surface area contributed by atoms with Gasteiger partial charge in [-0.25, -0.2) is 0 Å². The van der Waals surface area contributed by atoms with E-state index in [0.717, 1.165) is 26.1 Å². The molecule has 17 heavy (non-hydrogen) atoms. The number of carbonyl (C=O) groups is 1. The SMILES string of the molecule is CCOC(=O)C(CCN(CC)CC)NC1CC1. The number of hydrogen-bond acceptors (Lipinski definition) is 4. The highest BCUT2D eigenvalue weighted by Gasteiger charge is 2.29. The molecule has 1 atom stereocenters. The normalized spacial score (nSPS) is 17.2. The summed E-state index contributed by atoms with van der Waals surface area (Å²) in [4.78, 5) is 14.1. The van der Waals surface area contributed by atoms with Crippen molar-refractivity contribution >= 4 is 5.97 Å². The molecule has 0 heterocycles. The van der Waals surface area contributed by atoms with E-state index in [1.165, 1.54) is 12.8 Å². The van der Waals surface area contributed by atoms with Gasteiger partial charge in [0.2, 0.25) is 0 Å². The van der Waals surface area contributed by atoms with Crippen molar-refractivity contribution < 1.29 is 9.53 Å². The van der Waals surface area contributed by atoms with Gasteiger partial charge in [-0.3, -0.25) is 4.79 Å². The highest BCUT2D eigenvalue weighted by atomic mass is 16.5. The molecule has 0 aliphatic heterocycles. The van der Waals surface area contributed by atoms with Crippen LogP contribution in [0.15, 0.2) is 0 Å². The lowest BCUT2D eigenvalue weighted by atomic mass is 10.2. The van der Waals surface area contributed by atoms with Gasteiger partial charge in [0.05, 0.1) is 6.61 Å². The van der Waals surface area contributed by atoms with E-state index in [-0.39, 0.29) is 12.0 Å². The molecule has 1 fully saturated rings. The van der Waals surface area contributed by atoms with Crippen LogP contribution in [0.25, 0.3) is 0 Å². The van der Waals surface area contributed by atoms with Crippen LogP contribution in [0.1, 0.15) is 40.0 Å². The van der Waals surface area contributed by atoms with Crippen LogP contribution < -0.4 is 5.32 Å². The first-order valence-electron chi connectivity index (χ1n) is 6.86. The van der Waals surface area contributed by atoms with Crippen molar-refractivity contribution in [1.29, 1.82) is 0 Å². The number of nitrogens with zero attached hydrogens (tertiary/aromatic N) is 1. The second-order valence-corrected chi connectivity index (χ2v) is 4.56. The van der Waals surface area contributed by atoms with Crippen molar-refractivity contribution in [3.8, 4) is 0 Å². The van der Waals surface area contributed by atoms with Crippen LogP contribution in [-0.2, 0) is 9.53 Å². The molecule has 0 aromatic carbocycles. The van der Waals surface area contributed by atoms with Crippen molar-refractivity contribution in [3.05, 3.63) is 0 Å². The van der Waals surface area contributed by atoms with Gasteiger partial charge < -0.3 is 15.0 Å². The summed E-state index contributed by atoms with van der Waals surface area (Å²) in [6.45, 7) is 9.65. The number of hydrogen-bond donors (Lipinski definition) is 1. The molecule has 1 aliphatic carbocycles. The van der Waals surface area contributed by atoms with Crippen molar-refractivity contribution in [1.82, 2.24) is 10.2 Å². The van der Waals surface area contributed by atoms with Crippen LogP contribution in [-0.4, -0.2) is 49.2 Å². The monoisotopic (exact) mass is 242 g/mol. The third kappa shape index (κ3) is 5.50. The molecule has 1 rings (SSSR count). The lowest BCUT2D eigenvalue weighted by Crippen LogP contribution is -2.42. The molecule has 0 aromatic rings. The minimum absolute atomic E-state index is 0.0912. The molecule has 0 bridgehead atoms. The predicted octanol–water partition coefficient (Wildman–Crippen LogP) is 1.40. The Balaban J connectivity index is 2.35. The molecule has 0 spiro atoms. The van der Waals surface area contributed by atoms with E-state index in [4.69, 9.17) is 4.74 Å². The van der Waals surface area contributed by atoms with Gasteiger partial charge in [0, 0.05) is 12.6 Å². The van der Waals surface area contributed by atoms with E-state index in [0.29, 0.717) is 12.6 Å². The fourth-order valence-corrected chi connectivity index (χ4v) is 1.90. The van der Waals surface area contributed by atoms with Crippen LogP contribution >= 0.6 is 0 Å². The zero-order chi connectivity index (χ0) is 12.7. The summed E-state index contributed by atoms with van der Waals surface area (Å²) in [5.74, 6) is -0.0912.